The maximum absolute atomic E-state index is 6.14. The first kappa shape index (κ1) is 11.9. The van der Waals surface area contributed by atoms with Crippen LogP contribution in [0.25, 0.3) is 0 Å². The lowest BCUT2D eigenvalue weighted by Crippen LogP contribution is -1.89. The molecule has 0 atom stereocenters. The van der Waals surface area contributed by atoms with Crippen LogP contribution in [-0.4, -0.2) is 4.98 Å². The molecule has 2 aromatic rings. The number of nitrogens with zero attached hydrogens (tertiary/aromatic N) is 1. The van der Waals surface area contributed by atoms with Crippen molar-refractivity contribution >= 4 is 44.0 Å². The Labute approximate surface area is 112 Å². The molecule has 0 saturated carbocycles. The number of nitrogen functional groups attached to an aromatic ring is 1. The number of halogens is 2. The minimum absolute atomic E-state index is 0.610. The van der Waals surface area contributed by atoms with Crippen LogP contribution >= 0.6 is 38.9 Å². The minimum atomic E-state index is 0.610. The standard InChI is InChI=1S/C11H10BrClN2S/c1-6-10(16-11(14)15-6)5-7-4-8(12)2-3-9(7)13/h2-4H,5H2,1H3,(H2,14,15). The maximum atomic E-state index is 6.14. The number of hydrogen-bond donors (Lipinski definition) is 1. The zero-order valence-corrected chi connectivity index (χ0v) is 11.8. The van der Waals surface area contributed by atoms with Gasteiger partial charge in [0.05, 0.1) is 5.69 Å². The van der Waals surface area contributed by atoms with Gasteiger partial charge in [0.15, 0.2) is 5.13 Å². The van der Waals surface area contributed by atoms with Gasteiger partial charge in [0, 0.05) is 20.8 Å². The van der Waals surface area contributed by atoms with Crippen LogP contribution in [0.3, 0.4) is 0 Å². The van der Waals surface area contributed by atoms with Crippen molar-refractivity contribution in [3.63, 3.8) is 0 Å². The maximum Gasteiger partial charge on any atom is 0.180 e. The smallest absolute Gasteiger partial charge is 0.180 e. The Balaban J connectivity index is 2.33. The molecule has 1 heterocycles. The summed E-state index contributed by atoms with van der Waals surface area (Å²) in [4.78, 5) is 5.37. The van der Waals surface area contributed by atoms with Crippen LogP contribution in [0.5, 0.6) is 0 Å². The van der Waals surface area contributed by atoms with Crippen molar-refractivity contribution in [3.8, 4) is 0 Å². The predicted molar refractivity (Wildman–Crippen MR) is 73.2 cm³/mol. The van der Waals surface area contributed by atoms with E-state index in [0.717, 1.165) is 32.1 Å². The van der Waals surface area contributed by atoms with E-state index in [9.17, 15) is 0 Å². The normalized spacial score (nSPS) is 10.7. The zero-order valence-electron chi connectivity index (χ0n) is 8.63. The van der Waals surface area contributed by atoms with E-state index in [0.29, 0.717) is 5.13 Å². The number of benzene rings is 1. The monoisotopic (exact) mass is 316 g/mol. The fraction of sp³-hybridized carbons (Fsp3) is 0.182. The summed E-state index contributed by atoms with van der Waals surface area (Å²) in [5.41, 5.74) is 7.74. The molecule has 1 aromatic heterocycles. The van der Waals surface area contributed by atoms with Gasteiger partial charge in [-0.05, 0) is 30.7 Å². The average molecular weight is 318 g/mol. The predicted octanol–water partition coefficient (Wildman–Crippen LogP) is 4.04. The van der Waals surface area contributed by atoms with Crippen LogP contribution in [0.2, 0.25) is 5.02 Å². The zero-order chi connectivity index (χ0) is 11.7. The lowest BCUT2D eigenvalue weighted by molar-refractivity contribution is 1.15. The van der Waals surface area contributed by atoms with Gasteiger partial charge in [-0.1, -0.05) is 27.5 Å². The van der Waals surface area contributed by atoms with Crippen molar-refractivity contribution in [2.75, 3.05) is 5.73 Å². The highest BCUT2D eigenvalue weighted by atomic mass is 79.9. The molecule has 5 heteroatoms. The molecule has 0 aliphatic rings. The lowest BCUT2D eigenvalue weighted by Gasteiger charge is -2.03. The van der Waals surface area contributed by atoms with Gasteiger partial charge in [0.2, 0.25) is 0 Å². The highest BCUT2D eigenvalue weighted by Gasteiger charge is 2.09. The van der Waals surface area contributed by atoms with E-state index < -0.39 is 0 Å². The Kier molecular flexibility index (Phi) is 3.52. The summed E-state index contributed by atoms with van der Waals surface area (Å²) in [5, 5.41) is 1.38. The second kappa shape index (κ2) is 4.73. The topological polar surface area (TPSA) is 38.9 Å². The number of aromatic nitrogens is 1. The van der Waals surface area contributed by atoms with E-state index in [4.69, 9.17) is 17.3 Å². The molecule has 0 saturated heterocycles. The quantitative estimate of drug-likeness (QED) is 0.908. The van der Waals surface area contributed by atoms with Gasteiger partial charge in [-0.25, -0.2) is 4.98 Å². The van der Waals surface area contributed by atoms with E-state index in [1.54, 1.807) is 0 Å². The first-order valence-electron chi connectivity index (χ1n) is 4.72. The molecule has 0 spiro atoms. The van der Waals surface area contributed by atoms with Gasteiger partial charge in [0.1, 0.15) is 0 Å². The van der Waals surface area contributed by atoms with Gasteiger partial charge in [-0.15, -0.1) is 11.3 Å². The van der Waals surface area contributed by atoms with E-state index in [-0.39, 0.29) is 0 Å². The van der Waals surface area contributed by atoms with Crippen molar-refractivity contribution < 1.29 is 0 Å². The van der Waals surface area contributed by atoms with Crippen molar-refractivity contribution in [1.82, 2.24) is 4.98 Å². The molecular weight excluding hydrogens is 308 g/mol. The number of rotatable bonds is 2. The summed E-state index contributed by atoms with van der Waals surface area (Å²) < 4.78 is 1.03. The minimum Gasteiger partial charge on any atom is -0.375 e. The van der Waals surface area contributed by atoms with E-state index in [1.165, 1.54) is 11.3 Å². The summed E-state index contributed by atoms with van der Waals surface area (Å²) in [6, 6.07) is 5.85. The number of aryl methyl sites for hydroxylation is 1. The molecule has 0 fully saturated rings. The first-order valence-corrected chi connectivity index (χ1v) is 6.70. The second-order valence-corrected chi connectivity index (χ2v) is 5.91. The largest absolute Gasteiger partial charge is 0.375 e. The third kappa shape index (κ3) is 2.56. The molecule has 0 bridgehead atoms. The van der Waals surface area contributed by atoms with Crippen LogP contribution < -0.4 is 5.73 Å². The summed E-state index contributed by atoms with van der Waals surface area (Å²) in [7, 11) is 0. The van der Waals surface area contributed by atoms with Crippen LogP contribution in [0.15, 0.2) is 22.7 Å². The SMILES string of the molecule is Cc1nc(N)sc1Cc1cc(Br)ccc1Cl. The Morgan fingerprint density at radius 1 is 1.50 bits per heavy atom. The Morgan fingerprint density at radius 2 is 2.25 bits per heavy atom. The number of thiazole rings is 1. The first-order chi connectivity index (χ1) is 7.56. The molecule has 0 aliphatic heterocycles. The molecule has 0 unspecified atom stereocenters. The number of anilines is 1. The fourth-order valence-electron chi connectivity index (χ4n) is 1.47. The summed E-state index contributed by atoms with van der Waals surface area (Å²) in [5.74, 6) is 0. The summed E-state index contributed by atoms with van der Waals surface area (Å²) in [6.07, 6.45) is 0.777. The molecule has 1 aromatic carbocycles. The van der Waals surface area contributed by atoms with Crippen LogP contribution in [0.4, 0.5) is 5.13 Å². The highest BCUT2D eigenvalue weighted by Crippen LogP contribution is 2.28. The van der Waals surface area contributed by atoms with Crippen molar-refractivity contribution in [2.24, 2.45) is 0 Å². The second-order valence-electron chi connectivity index (χ2n) is 3.47. The van der Waals surface area contributed by atoms with Crippen molar-refractivity contribution in [2.45, 2.75) is 13.3 Å². The number of nitrogens with two attached hydrogens (primary N) is 1. The molecule has 0 aliphatic carbocycles. The molecule has 0 amide bonds. The molecular formula is C11H10BrClN2S. The molecule has 0 radical (unpaired) electrons. The molecule has 2 rings (SSSR count). The van der Waals surface area contributed by atoms with E-state index >= 15 is 0 Å². The van der Waals surface area contributed by atoms with E-state index in [1.807, 2.05) is 25.1 Å². The number of hydrogen-bond acceptors (Lipinski definition) is 3. The Morgan fingerprint density at radius 3 is 2.88 bits per heavy atom. The summed E-state index contributed by atoms with van der Waals surface area (Å²) >= 11 is 11.1. The van der Waals surface area contributed by atoms with E-state index in [2.05, 4.69) is 20.9 Å². The van der Waals surface area contributed by atoms with Crippen molar-refractivity contribution in [1.29, 1.82) is 0 Å². The summed E-state index contributed by atoms with van der Waals surface area (Å²) in [6.45, 7) is 1.97. The van der Waals surface area contributed by atoms with Crippen molar-refractivity contribution in [3.05, 3.63) is 43.8 Å². The van der Waals surface area contributed by atoms with Crippen LogP contribution in [0.1, 0.15) is 16.1 Å². The molecule has 16 heavy (non-hydrogen) atoms. The Hall–Kier alpha value is -0.580. The van der Waals surface area contributed by atoms with Crippen LogP contribution in [0, 0.1) is 6.92 Å². The van der Waals surface area contributed by atoms with Gasteiger partial charge in [-0.3, -0.25) is 0 Å². The third-order valence-corrected chi connectivity index (χ3v) is 4.12. The van der Waals surface area contributed by atoms with Crippen LogP contribution in [-0.2, 0) is 6.42 Å². The molecule has 2 N–H and O–H groups in total. The van der Waals surface area contributed by atoms with Gasteiger partial charge < -0.3 is 5.73 Å². The lowest BCUT2D eigenvalue weighted by atomic mass is 10.1. The third-order valence-electron chi connectivity index (χ3n) is 2.27. The van der Waals surface area contributed by atoms with Gasteiger partial charge >= 0.3 is 0 Å². The Bertz CT molecular complexity index is 525. The van der Waals surface area contributed by atoms with Gasteiger partial charge in [0.25, 0.3) is 0 Å². The average Bonchev–Trinajstić information content (AvgIpc) is 2.51. The molecule has 84 valence electrons. The fourth-order valence-corrected chi connectivity index (χ4v) is 2.92. The van der Waals surface area contributed by atoms with Gasteiger partial charge in [-0.2, -0.15) is 0 Å². The molecule has 2 nitrogen and oxygen atoms in total. The highest BCUT2D eigenvalue weighted by molar-refractivity contribution is 9.10.